The summed E-state index contributed by atoms with van der Waals surface area (Å²) in [5.74, 6) is 1.40. The number of anilines is 1. The summed E-state index contributed by atoms with van der Waals surface area (Å²) in [6.07, 6.45) is 5.27. The van der Waals surface area contributed by atoms with Gasteiger partial charge in [0.1, 0.15) is 0 Å². The molecule has 1 aromatic heterocycles. The first-order valence-electron chi connectivity index (χ1n) is 6.05. The van der Waals surface area contributed by atoms with Crippen molar-refractivity contribution in [2.45, 2.75) is 32.7 Å². The lowest BCUT2D eigenvalue weighted by Gasteiger charge is -2.19. The van der Waals surface area contributed by atoms with Crippen LogP contribution in [0.25, 0.3) is 0 Å². The third kappa shape index (κ3) is 4.99. The number of nitrogens with zero attached hydrogens (tertiary/aromatic N) is 3. The number of hydrogen-bond acceptors (Lipinski definition) is 5. The lowest BCUT2D eigenvalue weighted by atomic mass is 10.2. The van der Waals surface area contributed by atoms with Crippen LogP contribution in [0, 0.1) is 0 Å². The van der Waals surface area contributed by atoms with E-state index >= 15 is 0 Å². The molecule has 17 heavy (non-hydrogen) atoms. The topological polar surface area (TPSA) is 64.3 Å². The molecule has 1 rings (SSSR count). The van der Waals surface area contributed by atoms with Crippen molar-refractivity contribution in [2.24, 2.45) is 5.73 Å². The monoisotopic (exact) mass is 238 g/mol. The minimum absolute atomic E-state index is 0.199. The predicted octanol–water partition coefficient (Wildman–Crippen LogP) is 1.44. The summed E-state index contributed by atoms with van der Waals surface area (Å²) in [7, 11) is 1.98. The third-order valence-corrected chi connectivity index (χ3v) is 2.36. The van der Waals surface area contributed by atoms with E-state index < -0.39 is 0 Å². The minimum Gasteiger partial charge on any atom is -0.477 e. The van der Waals surface area contributed by atoms with Crippen molar-refractivity contribution in [1.29, 1.82) is 0 Å². The molecule has 1 unspecified atom stereocenters. The maximum atomic E-state index is 5.73. The van der Waals surface area contributed by atoms with Gasteiger partial charge in [-0.05, 0) is 19.8 Å². The van der Waals surface area contributed by atoms with Gasteiger partial charge in [0.05, 0.1) is 19.0 Å². The molecule has 96 valence electrons. The van der Waals surface area contributed by atoms with E-state index in [0.717, 1.165) is 25.2 Å². The van der Waals surface area contributed by atoms with Gasteiger partial charge >= 0.3 is 0 Å². The van der Waals surface area contributed by atoms with Crippen molar-refractivity contribution in [2.75, 3.05) is 25.1 Å². The van der Waals surface area contributed by atoms with Gasteiger partial charge in [-0.2, -0.15) is 4.98 Å². The highest BCUT2D eigenvalue weighted by Gasteiger charge is 2.06. The van der Waals surface area contributed by atoms with Crippen LogP contribution < -0.4 is 15.4 Å². The SMILES string of the molecule is CCCOc1cncc(N(C)CCC(C)N)n1. The summed E-state index contributed by atoms with van der Waals surface area (Å²) >= 11 is 0. The first-order valence-corrected chi connectivity index (χ1v) is 6.05. The van der Waals surface area contributed by atoms with Crippen LogP contribution in [0.15, 0.2) is 12.4 Å². The van der Waals surface area contributed by atoms with Gasteiger partial charge in [0.15, 0.2) is 5.82 Å². The van der Waals surface area contributed by atoms with Crippen LogP contribution in [0.1, 0.15) is 26.7 Å². The molecule has 0 fully saturated rings. The molecular formula is C12H22N4O. The van der Waals surface area contributed by atoms with Crippen molar-refractivity contribution < 1.29 is 4.74 Å². The highest BCUT2D eigenvalue weighted by Crippen LogP contribution is 2.13. The molecule has 1 heterocycles. The number of rotatable bonds is 7. The van der Waals surface area contributed by atoms with E-state index in [1.807, 2.05) is 18.9 Å². The van der Waals surface area contributed by atoms with Gasteiger partial charge in [0.2, 0.25) is 5.88 Å². The zero-order valence-corrected chi connectivity index (χ0v) is 10.9. The Balaban J connectivity index is 2.57. The molecule has 2 N–H and O–H groups in total. The average Bonchev–Trinajstić information content (AvgIpc) is 2.33. The van der Waals surface area contributed by atoms with Crippen molar-refractivity contribution in [3.8, 4) is 5.88 Å². The van der Waals surface area contributed by atoms with E-state index in [4.69, 9.17) is 10.5 Å². The highest BCUT2D eigenvalue weighted by molar-refractivity contribution is 5.36. The van der Waals surface area contributed by atoms with Crippen molar-refractivity contribution in [3.63, 3.8) is 0 Å². The Bertz CT molecular complexity index is 330. The van der Waals surface area contributed by atoms with Crippen LogP contribution in [0.2, 0.25) is 0 Å². The van der Waals surface area contributed by atoms with Gasteiger partial charge in [-0.15, -0.1) is 0 Å². The number of ether oxygens (including phenoxy) is 1. The molecule has 0 aliphatic carbocycles. The first kappa shape index (κ1) is 13.7. The first-order chi connectivity index (χ1) is 8.13. The largest absolute Gasteiger partial charge is 0.477 e. The lowest BCUT2D eigenvalue weighted by Crippen LogP contribution is -2.26. The molecule has 0 aromatic carbocycles. The Hall–Kier alpha value is -1.36. The quantitative estimate of drug-likeness (QED) is 0.778. The number of nitrogens with two attached hydrogens (primary N) is 1. The van der Waals surface area contributed by atoms with Gasteiger partial charge < -0.3 is 15.4 Å². The Labute approximate surface area is 103 Å². The fraction of sp³-hybridized carbons (Fsp3) is 0.667. The zero-order chi connectivity index (χ0) is 12.7. The lowest BCUT2D eigenvalue weighted by molar-refractivity contribution is 0.304. The summed E-state index contributed by atoms with van der Waals surface area (Å²) in [4.78, 5) is 10.6. The molecule has 0 saturated carbocycles. The molecule has 0 radical (unpaired) electrons. The smallest absolute Gasteiger partial charge is 0.234 e. The standard InChI is InChI=1S/C12H22N4O/c1-4-7-17-12-9-14-8-11(15-12)16(3)6-5-10(2)13/h8-10H,4-7,13H2,1-3H3. The van der Waals surface area contributed by atoms with E-state index in [-0.39, 0.29) is 6.04 Å². The van der Waals surface area contributed by atoms with Gasteiger partial charge in [0, 0.05) is 19.6 Å². The van der Waals surface area contributed by atoms with Gasteiger partial charge in [-0.25, -0.2) is 0 Å². The van der Waals surface area contributed by atoms with Crippen LogP contribution >= 0.6 is 0 Å². The van der Waals surface area contributed by atoms with E-state index in [1.54, 1.807) is 12.4 Å². The summed E-state index contributed by atoms with van der Waals surface area (Å²) < 4.78 is 5.45. The van der Waals surface area contributed by atoms with Crippen LogP contribution in [0.5, 0.6) is 5.88 Å². The second-order valence-electron chi connectivity index (χ2n) is 4.25. The summed E-state index contributed by atoms with van der Waals surface area (Å²) in [6, 6.07) is 0.199. The fourth-order valence-electron chi connectivity index (χ4n) is 1.31. The molecule has 0 spiro atoms. The highest BCUT2D eigenvalue weighted by atomic mass is 16.5. The average molecular weight is 238 g/mol. The maximum absolute atomic E-state index is 5.73. The molecule has 0 saturated heterocycles. The van der Waals surface area contributed by atoms with Crippen molar-refractivity contribution in [1.82, 2.24) is 9.97 Å². The zero-order valence-electron chi connectivity index (χ0n) is 10.9. The molecule has 0 aliphatic rings. The van der Waals surface area contributed by atoms with E-state index in [9.17, 15) is 0 Å². The van der Waals surface area contributed by atoms with Gasteiger partial charge in [-0.3, -0.25) is 4.98 Å². The van der Waals surface area contributed by atoms with Crippen LogP contribution in [0.3, 0.4) is 0 Å². The van der Waals surface area contributed by atoms with E-state index in [0.29, 0.717) is 12.5 Å². The number of hydrogen-bond donors (Lipinski definition) is 1. The molecule has 5 heteroatoms. The van der Waals surface area contributed by atoms with Crippen molar-refractivity contribution >= 4 is 5.82 Å². The molecule has 0 amide bonds. The van der Waals surface area contributed by atoms with Crippen LogP contribution in [0.4, 0.5) is 5.82 Å². The number of aromatic nitrogens is 2. The van der Waals surface area contributed by atoms with E-state index in [1.165, 1.54) is 0 Å². The van der Waals surface area contributed by atoms with Crippen LogP contribution in [-0.2, 0) is 0 Å². The van der Waals surface area contributed by atoms with Gasteiger partial charge in [-0.1, -0.05) is 6.92 Å². The van der Waals surface area contributed by atoms with Gasteiger partial charge in [0.25, 0.3) is 0 Å². The summed E-state index contributed by atoms with van der Waals surface area (Å²) in [5, 5.41) is 0. The summed E-state index contributed by atoms with van der Waals surface area (Å²) in [6.45, 7) is 5.59. The van der Waals surface area contributed by atoms with E-state index in [2.05, 4.69) is 16.9 Å². The second kappa shape index (κ2) is 7.06. The molecular weight excluding hydrogens is 216 g/mol. The maximum Gasteiger partial charge on any atom is 0.234 e. The molecule has 5 nitrogen and oxygen atoms in total. The van der Waals surface area contributed by atoms with Crippen LogP contribution in [-0.4, -0.2) is 36.2 Å². The molecule has 0 bridgehead atoms. The molecule has 1 aromatic rings. The predicted molar refractivity (Wildman–Crippen MR) is 69.4 cm³/mol. The normalized spacial score (nSPS) is 12.2. The Morgan fingerprint density at radius 2 is 2.24 bits per heavy atom. The van der Waals surface area contributed by atoms with Crippen molar-refractivity contribution in [3.05, 3.63) is 12.4 Å². The Kier molecular flexibility index (Phi) is 5.69. The Morgan fingerprint density at radius 3 is 2.88 bits per heavy atom. The third-order valence-electron chi connectivity index (χ3n) is 2.36. The Morgan fingerprint density at radius 1 is 1.47 bits per heavy atom. The summed E-state index contributed by atoms with van der Waals surface area (Å²) in [5.41, 5.74) is 5.73. The molecule has 1 atom stereocenters. The fourth-order valence-corrected chi connectivity index (χ4v) is 1.31. The minimum atomic E-state index is 0.199. The molecule has 0 aliphatic heterocycles. The second-order valence-corrected chi connectivity index (χ2v) is 4.25.